The summed E-state index contributed by atoms with van der Waals surface area (Å²) in [5.74, 6) is -1.29. The molecule has 2 atom stereocenters. The van der Waals surface area contributed by atoms with Gasteiger partial charge in [-0.1, -0.05) is 38.5 Å². The van der Waals surface area contributed by atoms with Crippen LogP contribution in [0.25, 0.3) is 10.9 Å². The molecule has 3 amide bonds. The van der Waals surface area contributed by atoms with Gasteiger partial charge in [0.2, 0.25) is 0 Å². The van der Waals surface area contributed by atoms with Crippen LogP contribution in [0.3, 0.4) is 0 Å². The number of carbonyl (C=O) groups is 3. The van der Waals surface area contributed by atoms with E-state index < -0.39 is 18.0 Å². The monoisotopic (exact) mass is 386 g/mol. The first kappa shape index (κ1) is 19.7. The fraction of sp³-hybridized carbons (Fsp3) is 0.450. The van der Waals surface area contributed by atoms with Gasteiger partial charge in [0.1, 0.15) is 11.7 Å². The Morgan fingerprint density at radius 3 is 2.39 bits per heavy atom. The summed E-state index contributed by atoms with van der Waals surface area (Å²) in [5.41, 5.74) is 1.44. The largest absolute Gasteiger partial charge is 0.480 e. The summed E-state index contributed by atoms with van der Waals surface area (Å²) in [5, 5.41) is 12.9. The lowest BCUT2D eigenvalue weighted by atomic mass is 9.99. The van der Waals surface area contributed by atoms with Crippen molar-refractivity contribution in [1.82, 2.24) is 20.1 Å². The molecule has 2 heterocycles. The number of hydrogen-bond donors (Lipinski definition) is 3. The number of nitrogens with zero attached hydrogens (tertiary/aromatic N) is 2. The molecule has 1 fully saturated rings. The van der Waals surface area contributed by atoms with Crippen molar-refractivity contribution in [2.75, 3.05) is 26.2 Å². The first-order chi connectivity index (χ1) is 13.4. The van der Waals surface area contributed by atoms with E-state index in [2.05, 4.69) is 10.3 Å². The molecule has 8 heteroatoms. The Labute approximate surface area is 163 Å². The van der Waals surface area contributed by atoms with E-state index in [9.17, 15) is 19.5 Å². The molecule has 0 unspecified atom stereocenters. The third-order valence-electron chi connectivity index (χ3n) is 5.37. The second-order valence-corrected chi connectivity index (χ2v) is 7.20. The molecule has 1 aromatic heterocycles. The van der Waals surface area contributed by atoms with Gasteiger partial charge in [0.05, 0.1) is 0 Å². The molecule has 0 radical (unpaired) electrons. The van der Waals surface area contributed by atoms with Crippen molar-refractivity contribution in [2.45, 2.75) is 26.3 Å². The number of para-hydroxylation sites is 1. The van der Waals surface area contributed by atoms with E-state index in [1.165, 1.54) is 0 Å². The van der Waals surface area contributed by atoms with Crippen LogP contribution in [0, 0.1) is 5.92 Å². The number of H-pyrrole nitrogens is 1. The van der Waals surface area contributed by atoms with Crippen molar-refractivity contribution in [3.05, 3.63) is 36.0 Å². The predicted octanol–water partition coefficient (Wildman–Crippen LogP) is 2.13. The van der Waals surface area contributed by atoms with Crippen molar-refractivity contribution in [2.24, 2.45) is 5.92 Å². The zero-order valence-electron chi connectivity index (χ0n) is 16.1. The van der Waals surface area contributed by atoms with Crippen molar-refractivity contribution >= 4 is 28.8 Å². The number of urea groups is 1. The highest BCUT2D eigenvalue weighted by Gasteiger charge is 2.30. The summed E-state index contributed by atoms with van der Waals surface area (Å²) < 4.78 is 0. The molecule has 0 aliphatic carbocycles. The second-order valence-electron chi connectivity index (χ2n) is 7.20. The summed E-state index contributed by atoms with van der Waals surface area (Å²) in [6, 6.07) is 8.22. The molecule has 0 saturated carbocycles. The lowest BCUT2D eigenvalue weighted by Gasteiger charge is -2.35. The number of rotatable bonds is 5. The Kier molecular flexibility index (Phi) is 5.87. The summed E-state index contributed by atoms with van der Waals surface area (Å²) in [6.45, 7) is 5.23. The fourth-order valence-corrected chi connectivity index (χ4v) is 3.38. The van der Waals surface area contributed by atoms with E-state index in [1.807, 2.05) is 37.3 Å². The summed E-state index contributed by atoms with van der Waals surface area (Å²) >= 11 is 0. The van der Waals surface area contributed by atoms with Gasteiger partial charge in [-0.05, 0) is 18.1 Å². The minimum atomic E-state index is -1.03. The summed E-state index contributed by atoms with van der Waals surface area (Å²) in [7, 11) is 0. The van der Waals surface area contributed by atoms with Crippen LogP contribution in [-0.4, -0.2) is 70.0 Å². The quantitative estimate of drug-likeness (QED) is 0.732. The van der Waals surface area contributed by atoms with Crippen LogP contribution in [0.2, 0.25) is 0 Å². The Balaban J connectivity index is 1.58. The molecule has 8 nitrogen and oxygen atoms in total. The molecule has 0 bridgehead atoms. The van der Waals surface area contributed by atoms with E-state index in [4.69, 9.17) is 0 Å². The van der Waals surface area contributed by atoms with E-state index >= 15 is 0 Å². The highest BCUT2D eigenvalue weighted by molar-refractivity contribution is 5.98. The van der Waals surface area contributed by atoms with E-state index in [1.54, 1.807) is 16.7 Å². The van der Waals surface area contributed by atoms with Gasteiger partial charge in [0, 0.05) is 37.1 Å². The number of nitrogens with one attached hydrogen (secondary N) is 2. The van der Waals surface area contributed by atoms with Gasteiger partial charge < -0.3 is 25.2 Å². The average Bonchev–Trinajstić information content (AvgIpc) is 3.14. The van der Waals surface area contributed by atoms with Crippen LogP contribution in [-0.2, 0) is 4.79 Å². The molecular formula is C20H26N4O4. The number of aromatic amines is 1. The number of aliphatic carboxylic acids is 1. The Bertz CT molecular complexity index is 837. The second kappa shape index (κ2) is 8.33. The highest BCUT2D eigenvalue weighted by Crippen LogP contribution is 2.17. The van der Waals surface area contributed by atoms with Gasteiger partial charge in [-0.3, -0.25) is 4.79 Å². The van der Waals surface area contributed by atoms with Gasteiger partial charge in [-0.25, -0.2) is 9.59 Å². The van der Waals surface area contributed by atoms with Gasteiger partial charge in [-0.2, -0.15) is 0 Å². The summed E-state index contributed by atoms with van der Waals surface area (Å²) in [4.78, 5) is 43.0. The van der Waals surface area contributed by atoms with Gasteiger partial charge in [-0.15, -0.1) is 0 Å². The standard InChI is InChI=1S/C20H26N4O4/c1-3-13(2)17(19(26)27)22-20(28)24-10-8-23(9-11-24)18(25)16-12-14-6-4-5-7-15(14)21-16/h4-7,12-13,17,21H,3,8-11H2,1-2H3,(H,22,28)(H,26,27)/t13-,17-/m0/s1. The zero-order valence-corrected chi connectivity index (χ0v) is 16.1. The molecule has 2 aromatic rings. The Hall–Kier alpha value is -3.03. The topological polar surface area (TPSA) is 106 Å². The number of carbonyl (C=O) groups excluding carboxylic acids is 2. The minimum Gasteiger partial charge on any atom is -0.480 e. The average molecular weight is 386 g/mol. The molecule has 3 N–H and O–H groups in total. The van der Waals surface area contributed by atoms with E-state index in [0.29, 0.717) is 38.3 Å². The molecule has 1 aromatic carbocycles. The van der Waals surface area contributed by atoms with Crippen LogP contribution in [0.1, 0.15) is 30.8 Å². The maximum absolute atomic E-state index is 12.7. The first-order valence-electron chi connectivity index (χ1n) is 9.56. The number of carboxylic acid groups (broad SMARTS) is 1. The number of benzene rings is 1. The van der Waals surface area contributed by atoms with Crippen LogP contribution in [0.4, 0.5) is 4.79 Å². The minimum absolute atomic E-state index is 0.0979. The Morgan fingerprint density at radius 1 is 1.14 bits per heavy atom. The normalized spacial score (nSPS) is 16.6. The van der Waals surface area contributed by atoms with E-state index in [0.717, 1.165) is 10.9 Å². The number of amides is 3. The third-order valence-corrected chi connectivity index (χ3v) is 5.37. The number of piperazine rings is 1. The molecule has 28 heavy (non-hydrogen) atoms. The zero-order chi connectivity index (χ0) is 20.3. The molecular weight excluding hydrogens is 360 g/mol. The van der Waals surface area contributed by atoms with E-state index in [-0.39, 0.29) is 11.8 Å². The fourth-order valence-electron chi connectivity index (χ4n) is 3.38. The molecule has 0 spiro atoms. The lowest BCUT2D eigenvalue weighted by molar-refractivity contribution is -0.140. The molecule has 1 aliphatic heterocycles. The highest BCUT2D eigenvalue weighted by atomic mass is 16.4. The maximum Gasteiger partial charge on any atom is 0.326 e. The molecule has 3 rings (SSSR count). The third kappa shape index (κ3) is 4.11. The van der Waals surface area contributed by atoms with Crippen LogP contribution < -0.4 is 5.32 Å². The lowest BCUT2D eigenvalue weighted by Crippen LogP contribution is -2.56. The summed E-state index contributed by atoms with van der Waals surface area (Å²) in [6.07, 6.45) is 0.657. The van der Waals surface area contributed by atoms with Crippen LogP contribution in [0.5, 0.6) is 0 Å². The number of fused-ring (bicyclic) bond motifs is 1. The molecule has 1 saturated heterocycles. The number of carboxylic acids is 1. The number of aromatic nitrogens is 1. The first-order valence-corrected chi connectivity index (χ1v) is 9.56. The van der Waals surface area contributed by atoms with Gasteiger partial charge in [0.15, 0.2) is 0 Å². The predicted molar refractivity (Wildman–Crippen MR) is 105 cm³/mol. The van der Waals surface area contributed by atoms with Crippen molar-refractivity contribution in [3.8, 4) is 0 Å². The van der Waals surface area contributed by atoms with Crippen LogP contribution in [0.15, 0.2) is 30.3 Å². The smallest absolute Gasteiger partial charge is 0.326 e. The van der Waals surface area contributed by atoms with Crippen LogP contribution >= 0.6 is 0 Å². The molecule has 150 valence electrons. The van der Waals surface area contributed by atoms with Crippen molar-refractivity contribution < 1.29 is 19.5 Å². The van der Waals surface area contributed by atoms with Crippen molar-refractivity contribution in [3.63, 3.8) is 0 Å². The Morgan fingerprint density at radius 2 is 1.79 bits per heavy atom. The van der Waals surface area contributed by atoms with Gasteiger partial charge in [0.25, 0.3) is 5.91 Å². The van der Waals surface area contributed by atoms with Crippen molar-refractivity contribution in [1.29, 1.82) is 0 Å². The van der Waals surface area contributed by atoms with Gasteiger partial charge >= 0.3 is 12.0 Å². The maximum atomic E-state index is 12.7. The number of hydrogen-bond acceptors (Lipinski definition) is 3. The SMILES string of the molecule is CC[C@H](C)[C@H](NC(=O)N1CCN(C(=O)c2cc3ccccc3[nH]2)CC1)C(=O)O. The molecule has 1 aliphatic rings.